The molecule has 2 heterocycles. The molecule has 0 saturated heterocycles. The van der Waals surface area contributed by atoms with Gasteiger partial charge in [0.15, 0.2) is 0 Å². The lowest BCUT2D eigenvalue weighted by Gasteiger charge is -2.15. The first kappa shape index (κ1) is 17.9. The summed E-state index contributed by atoms with van der Waals surface area (Å²) in [5.41, 5.74) is 2.23. The van der Waals surface area contributed by atoms with Crippen LogP contribution in [0, 0.1) is 5.92 Å². The first-order valence-electron chi connectivity index (χ1n) is 9.26. The fourth-order valence-corrected chi connectivity index (χ4v) is 2.88. The Bertz CT molecular complexity index is 961. The molecule has 0 aliphatic heterocycles. The van der Waals surface area contributed by atoms with Gasteiger partial charge in [-0.2, -0.15) is 0 Å². The van der Waals surface area contributed by atoms with E-state index in [9.17, 15) is 9.59 Å². The van der Waals surface area contributed by atoms with Gasteiger partial charge in [0.2, 0.25) is 5.91 Å². The molecular weight excluding hydrogens is 354 g/mol. The SMILES string of the molecule is CC(NC(=O)c1ccc(-n2ccnc2)nc1)c1ccc(NC(=O)C2CC2)cc1. The number of pyridine rings is 1. The average Bonchev–Trinajstić information content (AvgIpc) is 3.43. The Hall–Kier alpha value is -3.48. The van der Waals surface area contributed by atoms with Crippen molar-refractivity contribution in [3.05, 3.63) is 72.4 Å². The Labute approximate surface area is 162 Å². The monoisotopic (exact) mass is 375 g/mol. The van der Waals surface area contributed by atoms with Gasteiger partial charge in [-0.05, 0) is 49.6 Å². The predicted molar refractivity (Wildman–Crippen MR) is 105 cm³/mol. The van der Waals surface area contributed by atoms with Crippen LogP contribution in [0.15, 0.2) is 61.3 Å². The summed E-state index contributed by atoms with van der Waals surface area (Å²) in [7, 11) is 0. The van der Waals surface area contributed by atoms with E-state index in [0.717, 1.165) is 24.1 Å². The zero-order valence-electron chi connectivity index (χ0n) is 15.5. The highest BCUT2D eigenvalue weighted by atomic mass is 16.2. The maximum atomic E-state index is 12.5. The molecule has 1 fully saturated rings. The Balaban J connectivity index is 1.36. The third-order valence-electron chi connectivity index (χ3n) is 4.75. The second kappa shape index (κ2) is 7.64. The highest BCUT2D eigenvalue weighted by molar-refractivity contribution is 5.94. The van der Waals surface area contributed by atoms with Crippen LogP contribution >= 0.6 is 0 Å². The van der Waals surface area contributed by atoms with Crippen LogP contribution in [0.25, 0.3) is 5.82 Å². The summed E-state index contributed by atoms with van der Waals surface area (Å²) in [5, 5.41) is 5.88. The zero-order chi connectivity index (χ0) is 19.5. The smallest absolute Gasteiger partial charge is 0.253 e. The van der Waals surface area contributed by atoms with Crippen molar-refractivity contribution in [1.29, 1.82) is 0 Å². The molecule has 4 rings (SSSR count). The summed E-state index contributed by atoms with van der Waals surface area (Å²) in [4.78, 5) is 32.6. The van der Waals surface area contributed by atoms with Crippen molar-refractivity contribution in [2.45, 2.75) is 25.8 Å². The number of hydrogen-bond donors (Lipinski definition) is 2. The molecule has 1 atom stereocenters. The number of benzene rings is 1. The molecule has 7 heteroatoms. The molecular formula is C21H21N5O2. The van der Waals surface area contributed by atoms with Gasteiger partial charge in [-0.15, -0.1) is 0 Å². The lowest BCUT2D eigenvalue weighted by molar-refractivity contribution is -0.117. The summed E-state index contributed by atoms with van der Waals surface area (Å²) in [6, 6.07) is 10.9. The van der Waals surface area contributed by atoms with Crippen LogP contribution in [-0.4, -0.2) is 26.3 Å². The molecule has 1 unspecified atom stereocenters. The fourth-order valence-electron chi connectivity index (χ4n) is 2.88. The van der Waals surface area contributed by atoms with Gasteiger partial charge in [0, 0.05) is 30.2 Å². The van der Waals surface area contributed by atoms with E-state index in [1.807, 2.05) is 31.2 Å². The summed E-state index contributed by atoms with van der Waals surface area (Å²) in [6.07, 6.45) is 8.62. The number of anilines is 1. The van der Waals surface area contributed by atoms with Crippen LogP contribution in [0.1, 0.15) is 41.7 Å². The number of nitrogens with zero attached hydrogens (tertiary/aromatic N) is 3. The normalized spacial score (nSPS) is 14.3. The number of carbonyl (C=O) groups is 2. The van der Waals surface area contributed by atoms with Crippen LogP contribution < -0.4 is 10.6 Å². The molecule has 2 amide bonds. The largest absolute Gasteiger partial charge is 0.345 e. The van der Waals surface area contributed by atoms with Gasteiger partial charge in [-0.3, -0.25) is 14.2 Å². The topological polar surface area (TPSA) is 88.9 Å². The van der Waals surface area contributed by atoms with E-state index in [0.29, 0.717) is 11.4 Å². The summed E-state index contributed by atoms with van der Waals surface area (Å²) >= 11 is 0. The molecule has 1 aliphatic rings. The number of aromatic nitrogens is 3. The minimum absolute atomic E-state index is 0.0840. The minimum atomic E-state index is -0.191. The number of rotatable bonds is 6. The molecule has 1 saturated carbocycles. The second-order valence-electron chi connectivity index (χ2n) is 6.96. The standard InChI is InChI=1S/C21H21N5O2/c1-14(15-4-7-18(8-5-15)25-20(27)16-2-3-16)24-21(28)17-6-9-19(23-12-17)26-11-10-22-13-26/h4-14,16H,2-3H2,1H3,(H,24,28)(H,25,27). The molecule has 3 aromatic rings. The van der Waals surface area contributed by atoms with Crippen molar-refractivity contribution >= 4 is 17.5 Å². The van der Waals surface area contributed by atoms with E-state index in [1.54, 1.807) is 41.6 Å². The highest BCUT2D eigenvalue weighted by Crippen LogP contribution is 2.30. The molecule has 7 nitrogen and oxygen atoms in total. The van der Waals surface area contributed by atoms with Crippen molar-refractivity contribution < 1.29 is 9.59 Å². The van der Waals surface area contributed by atoms with Crippen molar-refractivity contribution in [3.8, 4) is 5.82 Å². The van der Waals surface area contributed by atoms with E-state index in [2.05, 4.69) is 20.6 Å². The van der Waals surface area contributed by atoms with Crippen molar-refractivity contribution in [2.24, 2.45) is 5.92 Å². The van der Waals surface area contributed by atoms with Gasteiger partial charge in [0.25, 0.3) is 5.91 Å². The maximum absolute atomic E-state index is 12.5. The predicted octanol–water partition coefficient (Wildman–Crippen LogP) is 3.11. The summed E-state index contributed by atoms with van der Waals surface area (Å²) in [5.74, 6) is 0.765. The van der Waals surface area contributed by atoms with Crippen LogP contribution in [0.2, 0.25) is 0 Å². The molecule has 2 aromatic heterocycles. The van der Waals surface area contributed by atoms with Crippen LogP contribution in [-0.2, 0) is 4.79 Å². The quantitative estimate of drug-likeness (QED) is 0.693. The van der Waals surface area contributed by atoms with Crippen LogP contribution in [0.4, 0.5) is 5.69 Å². The van der Waals surface area contributed by atoms with Gasteiger partial charge in [0.1, 0.15) is 12.1 Å². The lowest BCUT2D eigenvalue weighted by Crippen LogP contribution is -2.26. The molecule has 28 heavy (non-hydrogen) atoms. The third-order valence-corrected chi connectivity index (χ3v) is 4.75. The maximum Gasteiger partial charge on any atom is 0.253 e. The Kier molecular flexibility index (Phi) is 4.89. The Morgan fingerprint density at radius 1 is 1.14 bits per heavy atom. The number of nitrogens with one attached hydrogen (secondary N) is 2. The number of amides is 2. The second-order valence-corrected chi connectivity index (χ2v) is 6.96. The van der Waals surface area contributed by atoms with E-state index >= 15 is 0 Å². The van der Waals surface area contributed by atoms with Crippen molar-refractivity contribution in [2.75, 3.05) is 5.32 Å². The van der Waals surface area contributed by atoms with Crippen LogP contribution in [0.3, 0.4) is 0 Å². The fraction of sp³-hybridized carbons (Fsp3) is 0.238. The molecule has 0 bridgehead atoms. The number of hydrogen-bond acceptors (Lipinski definition) is 4. The lowest BCUT2D eigenvalue weighted by atomic mass is 10.1. The van der Waals surface area contributed by atoms with E-state index in [-0.39, 0.29) is 23.8 Å². The number of carbonyl (C=O) groups excluding carboxylic acids is 2. The molecule has 142 valence electrons. The minimum Gasteiger partial charge on any atom is -0.345 e. The Morgan fingerprint density at radius 2 is 1.93 bits per heavy atom. The van der Waals surface area contributed by atoms with Gasteiger partial charge >= 0.3 is 0 Å². The Morgan fingerprint density at radius 3 is 2.54 bits per heavy atom. The first-order chi connectivity index (χ1) is 13.6. The van der Waals surface area contributed by atoms with Gasteiger partial charge in [0.05, 0.1) is 11.6 Å². The van der Waals surface area contributed by atoms with E-state index in [1.165, 1.54) is 0 Å². The molecule has 2 N–H and O–H groups in total. The van der Waals surface area contributed by atoms with E-state index in [4.69, 9.17) is 0 Å². The van der Waals surface area contributed by atoms with Crippen molar-refractivity contribution in [3.63, 3.8) is 0 Å². The molecule has 0 spiro atoms. The third kappa shape index (κ3) is 4.09. The van der Waals surface area contributed by atoms with Gasteiger partial charge < -0.3 is 10.6 Å². The van der Waals surface area contributed by atoms with E-state index < -0.39 is 0 Å². The summed E-state index contributed by atoms with van der Waals surface area (Å²) < 4.78 is 1.77. The molecule has 1 aromatic carbocycles. The number of imidazole rings is 1. The zero-order valence-corrected chi connectivity index (χ0v) is 15.5. The summed E-state index contributed by atoms with van der Waals surface area (Å²) in [6.45, 7) is 1.92. The first-order valence-corrected chi connectivity index (χ1v) is 9.26. The average molecular weight is 375 g/mol. The molecule has 0 radical (unpaired) electrons. The molecule has 1 aliphatic carbocycles. The highest BCUT2D eigenvalue weighted by Gasteiger charge is 2.29. The van der Waals surface area contributed by atoms with Crippen LogP contribution in [0.5, 0.6) is 0 Å². The van der Waals surface area contributed by atoms with Gasteiger partial charge in [-0.1, -0.05) is 12.1 Å². The van der Waals surface area contributed by atoms with Gasteiger partial charge in [-0.25, -0.2) is 9.97 Å². The van der Waals surface area contributed by atoms with Crippen molar-refractivity contribution in [1.82, 2.24) is 19.9 Å².